The first kappa shape index (κ1) is 12.5. The SMILES string of the molecule is Nc1ncc([C@@H]2O[C@H](CO)[C@@H](O)[C@H]2O)c(Cl)n1. The Morgan fingerprint density at radius 3 is 2.65 bits per heavy atom. The van der Waals surface area contributed by atoms with E-state index < -0.39 is 31.0 Å². The molecule has 94 valence electrons. The topological polar surface area (TPSA) is 122 Å². The van der Waals surface area contributed by atoms with Crippen LogP contribution in [0.3, 0.4) is 0 Å². The van der Waals surface area contributed by atoms with Crippen LogP contribution in [0.4, 0.5) is 5.95 Å². The van der Waals surface area contributed by atoms with Gasteiger partial charge in [-0.15, -0.1) is 0 Å². The molecule has 1 aromatic rings. The number of ether oxygens (including phenoxy) is 1. The highest BCUT2D eigenvalue weighted by molar-refractivity contribution is 6.30. The summed E-state index contributed by atoms with van der Waals surface area (Å²) in [5, 5.41) is 28.4. The molecule has 8 heteroatoms. The molecule has 0 bridgehead atoms. The Balaban J connectivity index is 2.29. The first-order valence-corrected chi connectivity index (χ1v) is 5.32. The van der Waals surface area contributed by atoms with Crippen molar-refractivity contribution in [3.63, 3.8) is 0 Å². The number of anilines is 1. The maximum absolute atomic E-state index is 9.77. The molecule has 1 saturated heterocycles. The third kappa shape index (κ3) is 2.20. The van der Waals surface area contributed by atoms with Crippen molar-refractivity contribution in [2.75, 3.05) is 12.3 Å². The van der Waals surface area contributed by atoms with Crippen LogP contribution in [-0.4, -0.2) is 50.2 Å². The van der Waals surface area contributed by atoms with Crippen molar-refractivity contribution in [1.29, 1.82) is 0 Å². The summed E-state index contributed by atoms with van der Waals surface area (Å²) in [6, 6.07) is 0. The van der Waals surface area contributed by atoms with E-state index in [1.807, 2.05) is 0 Å². The van der Waals surface area contributed by atoms with Crippen LogP contribution in [0.5, 0.6) is 0 Å². The van der Waals surface area contributed by atoms with Gasteiger partial charge in [0.25, 0.3) is 0 Å². The van der Waals surface area contributed by atoms with Crippen molar-refractivity contribution in [2.24, 2.45) is 0 Å². The number of nitrogens with zero attached hydrogens (tertiary/aromatic N) is 2. The van der Waals surface area contributed by atoms with Crippen molar-refractivity contribution in [2.45, 2.75) is 24.4 Å². The molecule has 1 aliphatic rings. The molecule has 0 spiro atoms. The number of rotatable bonds is 2. The lowest BCUT2D eigenvalue weighted by Gasteiger charge is -2.15. The smallest absolute Gasteiger partial charge is 0.221 e. The highest BCUT2D eigenvalue weighted by atomic mass is 35.5. The Kier molecular flexibility index (Phi) is 3.45. The Morgan fingerprint density at radius 1 is 1.41 bits per heavy atom. The van der Waals surface area contributed by atoms with E-state index in [1.165, 1.54) is 6.20 Å². The molecule has 0 aromatic carbocycles. The van der Waals surface area contributed by atoms with E-state index in [-0.39, 0.29) is 11.1 Å². The molecule has 2 rings (SSSR count). The van der Waals surface area contributed by atoms with Gasteiger partial charge < -0.3 is 25.8 Å². The van der Waals surface area contributed by atoms with Gasteiger partial charge in [0.05, 0.1) is 6.61 Å². The normalized spacial score (nSPS) is 32.9. The van der Waals surface area contributed by atoms with Gasteiger partial charge in [-0.2, -0.15) is 0 Å². The summed E-state index contributed by atoms with van der Waals surface area (Å²) in [7, 11) is 0. The van der Waals surface area contributed by atoms with Crippen molar-refractivity contribution in [3.8, 4) is 0 Å². The summed E-state index contributed by atoms with van der Waals surface area (Å²) >= 11 is 5.85. The van der Waals surface area contributed by atoms with E-state index in [9.17, 15) is 10.2 Å². The molecule has 2 heterocycles. The minimum absolute atomic E-state index is 0.00509. The lowest BCUT2D eigenvalue weighted by atomic mass is 10.0. The fourth-order valence-corrected chi connectivity index (χ4v) is 1.97. The van der Waals surface area contributed by atoms with Crippen LogP contribution >= 0.6 is 11.6 Å². The molecule has 0 radical (unpaired) electrons. The Morgan fingerprint density at radius 2 is 2.12 bits per heavy atom. The van der Waals surface area contributed by atoms with Gasteiger partial charge in [-0.3, -0.25) is 0 Å². The fourth-order valence-electron chi connectivity index (χ4n) is 1.73. The van der Waals surface area contributed by atoms with Crippen LogP contribution in [0.25, 0.3) is 0 Å². The highest BCUT2D eigenvalue weighted by Crippen LogP contribution is 2.35. The average molecular weight is 262 g/mol. The Hall–Kier alpha value is -0.990. The van der Waals surface area contributed by atoms with E-state index >= 15 is 0 Å². The Bertz CT molecular complexity index is 419. The fraction of sp³-hybridized carbons (Fsp3) is 0.556. The van der Waals surface area contributed by atoms with Crippen LogP contribution in [0.2, 0.25) is 5.15 Å². The molecular weight excluding hydrogens is 250 g/mol. The summed E-state index contributed by atoms with van der Waals surface area (Å²) in [4.78, 5) is 7.47. The van der Waals surface area contributed by atoms with Crippen LogP contribution in [0.1, 0.15) is 11.7 Å². The largest absolute Gasteiger partial charge is 0.394 e. The molecule has 4 atom stereocenters. The lowest BCUT2D eigenvalue weighted by molar-refractivity contribution is -0.0229. The molecule has 5 N–H and O–H groups in total. The summed E-state index contributed by atoms with van der Waals surface area (Å²) in [6.45, 7) is -0.401. The zero-order valence-electron chi connectivity index (χ0n) is 8.69. The number of nitrogens with two attached hydrogens (primary N) is 1. The molecule has 0 saturated carbocycles. The quantitative estimate of drug-likeness (QED) is 0.497. The van der Waals surface area contributed by atoms with Crippen molar-refractivity contribution >= 4 is 17.5 Å². The van der Waals surface area contributed by atoms with Gasteiger partial charge in [0.1, 0.15) is 29.6 Å². The third-order valence-electron chi connectivity index (χ3n) is 2.64. The Labute approximate surface area is 102 Å². The lowest BCUT2D eigenvalue weighted by Crippen LogP contribution is -2.32. The van der Waals surface area contributed by atoms with Gasteiger partial charge in [-0.25, -0.2) is 9.97 Å². The van der Waals surface area contributed by atoms with Gasteiger partial charge in [-0.05, 0) is 0 Å². The van der Waals surface area contributed by atoms with Crippen molar-refractivity contribution in [1.82, 2.24) is 9.97 Å². The standard InChI is InChI=1S/C9H12ClN3O4/c10-8-3(1-12-9(11)13-8)7-6(16)5(15)4(2-14)17-7/h1,4-7,14-16H,2H2,(H2,11,12,13)/t4-,5-,6-,7+/m1/s1. The first-order chi connectivity index (χ1) is 8.04. The van der Waals surface area contributed by atoms with E-state index in [0.717, 1.165) is 0 Å². The molecule has 0 amide bonds. The van der Waals surface area contributed by atoms with Crippen LogP contribution in [0.15, 0.2) is 6.20 Å². The molecule has 7 nitrogen and oxygen atoms in total. The van der Waals surface area contributed by atoms with Gasteiger partial charge in [-0.1, -0.05) is 11.6 Å². The van der Waals surface area contributed by atoms with Crippen LogP contribution in [0, 0.1) is 0 Å². The number of aliphatic hydroxyl groups excluding tert-OH is 3. The second-order valence-corrected chi connectivity index (χ2v) is 4.09. The number of halogens is 1. The predicted molar refractivity (Wildman–Crippen MR) is 58.2 cm³/mol. The van der Waals surface area contributed by atoms with Crippen LogP contribution in [-0.2, 0) is 4.74 Å². The van der Waals surface area contributed by atoms with E-state index in [1.54, 1.807) is 0 Å². The van der Waals surface area contributed by atoms with E-state index in [2.05, 4.69) is 9.97 Å². The number of hydrogen-bond donors (Lipinski definition) is 4. The summed E-state index contributed by atoms with van der Waals surface area (Å²) < 4.78 is 5.29. The average Bonchev–Trinajstić information content (AvgIpc) is 2.57. The monoisotopic (exact) mass is 261 g/mol. The summed E-state index contributed by atoms with van der Waals surface area (Å²) in [5.41, 5.74) is 5.66. The summed E-state index contributed by atoms with van der Waals surface area (Å²) in [5.74, 6) is 0.00509. The van der Waals surface area contributed by atoms with E-state index in [4.69, 9.17) is 27.2 Å². The maximum atomic E-state index is 9.77. The number of aromatic nitrogens is 2. The van der Waals surface area contributed by atoms with E-state index in [0.29, 0.717) is 5.56 Å². The first-order valence-electron chi connectivity index (χ1n) is 4.95. The van der Waals surface area contributed by atoms with Gasteiger partial charge in [0.2, 0.25) is 5.95 Å². The predicted octanol–water partition coefficient (Wildman–Crippen LogP) is -1.13. The molecule has 17 heavy (non-hydrogen) atoms. The second-order valence-electron chi connectivity index (χ2n) is 3.73. The highest BCUT2D eigenvalue weighted by Gasteiger charge is 2.44. The molecule has 0 unspecified atom stereocenters. The minimum Gasteiger partial charge on any atom is -0.394 e. The molecule has 1 aromatic heterocycles. The zero-order chi connectivity index (χ0) is 12.6. The second kappa shape index (κ2) is 4.71. The zero-order valence-corrected chi connectivity index (χ0v) is 9.45. The molecule has 1 aliphatic heterocycles. The summed E-state index contributed by atoms with van der Waals surface area (Å²) in [6.07, 6.45) is -2.79. The number of nitrogen functional groups attached to an aromatic ring is 1. The van der Waals surface area contributed by atoms with Crippen molar-refractivity contribution < 1.29 is 20.1 Å². The minimum atomic E-state index is -1.20. The number of aliphatic hydroxyl groups is 3. The molecule has 1 fully saturated rings. The third-order valence-corrected chi connectivity index (χ3v) is 2.94. The maximum Gasteiger partial charge on any atom is 0.221 e. The van der Waals surface area contributed by atoms with Gasteiger partial charge in [0, 0.05) is 11.8 Å². The molecule has 0 aliphatic carbocycles. The van der Waals surface area contributed by atoms with Gasteiger partial charge >= 0.3 is 0 Å². The van der Waals surface area contributed by atoms with Crippen molar-refractivity contribution in [3.05, 3.63) is 16.9 Å². The van der Waals surface area contributed by atoms with Gasteiger partial charge in [0.15, 0.2) is 0 Å². The molecular formula is C9H12ClN3O4. The number of hydrogen-bond acceptors (Lipinski definition) is 7. The van der Waals surface area contributed by atoms with Crippen LogP contribution < -0.4 is 5.73 Å².